The molecule has 0 aromatic heterocycles. The lowest BCUT2D eigenvalue weighted by Gasteiger charge is -2.38. The molecular weight excluding hydrogens is 298 g/mol. The number of carbonyl (C=O) groups is 1. The number of carbonyl (C=O) groups excluding carboxylic acids is 1. The molecule has 1 aromatic rings. The van der Waals surface area contributed by atoms with Crippen molar-refractivity contribution in [3.8, 4) is 0 Å². The van der Waals surface area contributed by atoms with Gasteiger partial charge < -0.3 is 10.2 Å². The fraction of sp³-hybridized carbons (Fsp3) is 0.588. The van der Waals surface area contributed by atoms with Gasteiger partial charge in [0.05, 0.1) is 10.7 Å². The third-order valence-corrected chi connectivity index (χ3v) is 5.12. The average Bonchev–Trinajstić information content (AvgIpc) is 3.04. The van der Waals surface area contributed by atoms with Crippen molar-refractivity contribution < 1.29 is 4.79 Å². The number of amides is 2. The summed E-state index contributed by atoms with van der Waals surface area (Å²) in [6.45, 7) is 5.55. The largest absolute Gasteiger partial charge is 0.322 e. The van der Waals surface area contributed by atoms with Crippen LogP contribution >= 0.6 is 11.6 Å². The van der Waals surface area contributed by atoms with Crippen molar-refractivity contribution in [1.29, 1.82) is 0 Å². The van der Waals surface area contributed by atoms with Gasteiger partial charge in [-0.15, -0.1) is 0 Å². The van der Waals surface area contributed by atoms with Gasteiger partial charge in [0.1, 0.15) is 0 Å². The number of anilines is 1. The van der Waals surface area contributed by atoms with Crippen LogP contribution in [0.1, 0.15) is 31.2 Å². The maximum Gasteiger partial charge on any atom is 0.321 e. The minimum absolute atomic E-state index is 0.0446. The number of nitrogens with one attached hydrogen (secondary N) is 1. The van der Waals surface area contributed by atoms with Crippen LogP contribution < -0.4 is 5.32 Å². The zero-order valence-electron chi connectivity index (χ0n) is 13.1. The second-order valence-corrected chi connectivity index (χ2v) is 6.78. The highest BCUT2D eigenvalue weighted by molar-refractivity contribution is 6.33. The highest BCUT2D eigenvalue weighted by Gasteiger charge is 2.27. The first-order valence-corrected chi connectivity index (χ1v) is 8.57. The van der Waals surface area contributed by atoms with E-state index < -0.39 is 0 Å². The maximum absolute atomic E-state index is 12.4. The summed E-state index contributed by atoms with van der Waals surface area (Å²) in [6.07, 6.45) is 5.37. The predicted molar refractivity (Wildman–Crippen MR) is 90.6 cm³/mol. The number of nitrogens with zero attached hydrogens (tertiary/aromatic N) is 2. The molecule has 1 saturated heterocycles. The summed E-state index contributed by atoms with van der Waals surface area (Å²) in [6, 6.07) is 6.40. The SMILES string of the molecule is Cc1ccc(NC(=O)N2CCN(C3CCCC3)CC2)c(Cl)c1. The number of urea groups is 1. The molecule has 2 amide bonds. The Morgan fingerprint density at radius 1 is 1.18 bits per heavy atom. The summed E-state index contributed by atoms with van der Waals surface area (Å²) in [5.41, 5.74) is 1.78. The summed E-state index contributed by atoms with van der Waals surface area (Å²) in [5, 5.41) is 3.52. The van der Waals surface area contributed by atoms with Gasteiger partial charge in [-0.05, 0) is 37.5 Å². The van der Waals surface area contributed by atoms with Gasteiger partial charge in [0, 0.05) is 32.2 Å². The fourth-order valence-electron chi connectivity index (χ4n) is 3.48. The normalized spacial score (nSPS) is 20.4. The van der Waals surface area contributed by atoms with E-state index in [1.807, 2.05) is 30.0 Å². The quantitative estimate of drug-likeness (QED) is 0.900. The molecule has 1 saturated carbocycles. The summed E-state index contributed by atoms with van der Waals surface area (Å²) in [7, 11) is 0. The van der Waals surface area contributed by atoms with Crippen LogP contribution in [0.2, 0.25) is 5.02 Å². The van der Waals surface area contributed by atoms with Crippen molar-refractivity contribution in [2.24, 2.45) is 0 Å². The molecule has 1 aliphatic carbocycles. The molecule has 3 rings (SSSR count). The minimum atomic E-state index is -0.0446. The molecule has 120 valence electrons. The zero-order chi connectivity index (χ0) is 15.5. The molecule has 1 aliphatic heterocycles. The van der Waals surface area contributed by atoms with Crippen LogP contribution in [-0.4, -0.2) is 48.1 Å². The number of piperazine rings is 1. The Morgan fingerprint density at radius 3 is 2.50 bits per heavy atom. The van der Waals surface area contributed by atoms with Crippen LogP contribution in [-0.2, 0) is 0 Å². The lowest BCUT2D eigenvalue weighted by molar-refractivity contribution is 0.115. The van der Waals surface area contributed by atoms with Crippen molar-refractivity contribution in [3.05, 3.63) is 28.8 Å². The molecule has 5 heteroatoms. The predicted octanol–water partition coefficient (Wildman–Crippen LogP) is 3.74. The van der Waals surface area contributed by atoms with Crippen LogP contribution in [0, 0.1) is 6.92 Å². The van der Waals surface area contributed by atoms with Crippen molar-refractivity contribution in [2.45, 2.75) is 38.6 Å². The first-order valence-electron chi connectivity index (χ1n) is 8.19. The minimum Gasteiger partial charge on any atom is -0.322 e. The summed E-state index contributed by atoms with van der Waals surface area (Å²) in [4.78, 5) is 16.8. The molecule has 0 spiro atoms. The number of rotatable bonds is 2. The van der Waals surface area contributed by atoms with E-state index in [0.29, 0.717) is 10.7 Å². The molecule has 2 fully saturated rings. The van der Waals surface area contributed by atoms with Gasteiger partial charge >= 0.3 is 6.03 Å². The second kappa shape index (κ2) is 6.88. The highest BCUT2D eigenvalue weighted by atomic mass is 35.5. The first-order chi connectivity index (χ1) is 10.6. The number of benzene rings is 1. The monoisotopic (exact) mass is 321 g/mol. The van der Waals surface area contributed by atoms with Gasteiger partial charge in [-0.2, -0.15) is 0 Å². The lowest BCUT2D eigenvalue weighted by atomic mass is 10.2. The number of halogens is 1. The standard InChI is InChI=1S/C17H24ClN3O/c1-13-6-7-16(15(18)12-13)19-17(22)21-10-8-20(9-11-21)14-4-2-3-5-14/h6-7,12,14H,2-5,8-11H2,1H3,(H,19,22). The third kappa shape index (κ3) is 3.55. The van der Waals surface area contributed by atoms with Crippen molar-refractivity contribution >= 4 is 23.3 Å². The van der Waals surface area contributed by atoms with E-state index in [1.54, 1.807) is 0 Å². The molecule has 1 N–H and O–H groups in total. The molecule has 22 heavy (non-hydrogen) atoms. The topological polar surface area (TPSA) is 35.6 Å². The van der Waals surface area contributed by atoms with E-state index in [4.69, 9.17) is 11.6 Å². The van der Waals surface area contributed by atoms with Gasteiger partial charge in [0.25, 0.3) is 0 Å². The maximum atomic E-state index is 12.4. The molecule has 0 radical (unpaired) electrons. The van der Waals surface area contributed by atoms with E-state index in [2.05, 4.69) is 10.2 Å². The summed E-state index contributed by atoms with van der Waals surface area (Å²) in [5.74, 6) is 0. The number of hydrogen-bond acceptors (Lipinski definition) is 2. The molecule has 4 nitrogen and oxygen atoms in total. The smallest absolute Gasteiger partial charge is 0.321 e. The lowest BCUT2D eigenvalue weighted by Crippen LogP contribution is -2.52. The Hall–Kier alpha value is -1.26. The van der Waals surface area contributed by atoms with E-state index in [-0.39, 0.29) is 6.03 Å². The second-order valence-electron chi connectivity index (χ2n) is 6.37. The average molecular weight is 322 g/mol. The van der Waals surface area contributed by atoms with Crippen LogP contribution in [0.3, 0.4) is 0 Å². The van der Waals surface area contributed by atoms with Gasteiger partial charge in [-0.1, -0.05) is 30.5 Å². The molecular formula is C17H24ClN3O. The third-order valence-electron chi connectivity index (χ3n) is 4.81. The summed E-state index contributed by atoms with van der Waals surface area (Å²) >= 11 is 6.18. The highest BCUT2D eigenvalue weighted by Crippen LogP contribution is 2.25. The Kier molecular flexibility index (Phi) is 4.89. The Labute approximate surface area is 137 Å². The zero-order valence-corrected chi connectivity index (χ0v) is 13.9. The van der Waals surface area contributed by atoms with E-state index in [1.165, 1.54) is 25.7 Å². The van der Waals surface area contributed by atoms with E-state index in [9.17, 15) is 4.79 Å². The Morgan fingerprint density at radius 2 is 1.86 bits per heavy atom. The van der Waals surface area contributed by atoms with Gasteiger partial charge in [-0.3, -0.25) is 4.90 Å². The van der Waals surface area contributed by atoms with Crippen LogP contribution in [0.4, 0.5) is 10.5 Å². The van der Waals surface area contributed by atoms with Crippen molar-refractivity contribution in [3.63, 3.8) is 0 Å². The van der Waals surface area contributed by atoms with Crippen LogP contribution in [0.5, 0.6) is 0 Å². The molecule has 2 aliphatic rings. The molecule has 0 atom stereocenters. The number of aryl methyl sites for hydroxylation is 1. The van der Waals surface area contributed by atoms with E-state index in [0.717, 1.165) is 37.8 Å². The molecule has 1 heterocycles. The van der Waals surface area contributed by atoms with Crippen molar-refractivity contribution in [2.75, 3.05) is 31.5 Å². The Balaban J connectivity index is 1.53. The van der Waals surface area contributed by atoms with E-state index >= 15 is 0 Å². The van der Waals surface area contributed by atoms with Crippen molar-refractivity contribution in [1.82, 2.24) is 9.80 Å². The Bertz CT molecular complexity index is 535. The fourth-order valence-corrected chi connectivity index (χ4v) is 3.76. The van der Waals surface area contributed by atoms with Crippen LogP contribution in [0.15, 0.2) is 18.2 Å². The van der Waals surface area contributed by atoms with Crippen LogP contribution in [0.25, 0.3) is 0 Å². The van der Waals surface area contributed by atoms with Gasteiger partial charge in [0.15, 0.2) is 0 Å². The molecule has 0 bridgehead atoms. The first kappa shape index (κ1) is 15.6. The molecule has 0 unspecified atom stereocenters. The number of hydrogen-bond donors (Lipinski definition) is 1. The molecule has 1 aromatic carbocycles. The van der Waals surface area contributed by atoms with Gasteiger partial charge in [0.2, 0.25) is 0 Å². The summed E-state index contributed by atoms with van der Waals surface area (Å²) < 4.78 is 0. The van der Waals surface area contributed by atoms with Gasteiger partial charge in [-0.25, -0.2) is 4.79 Å².